The number of allylic oxidation sites excluding steroid dienone is 1. The second-order valence-corrected chi connectivity index (χ2v) is 6.95. The molecule has 0 aliphatic rings. The van der Waals surface area contributed by atoms with E-state index in [0.29, 0.717) is 22.6 Å². The first-order valence-electron chi connectivity index (χ1n) is 10.4. The molecule has 0 saturated heterocycles. The molecule has 0 bridgehead atoms. The minimum absolute atomic E-state index is 0.405. The van der Waals surface area contributed by atoms with Gasteiger partial charge in [0.05, 0.1) is 23.5 Å². The molecule has 4 nitrogen and oxygen atoms in total. The number of carbonyl (C=O) groups excluding carboxylic acids is 1. The Morgan fingerprint density at radius 1 is 0.897 bits per heavy atom. The van der Waals surface area contributed by atoms with Gasteiger partial charge in [0.25, 0.3) is 0 Å². The van der Waals surface area contributed by atoms with Crippen LogP contribution in [0.15, 0.2) is 60.9 Å². The van der Waals surface area contributed by atoms with Crippen molar-refractivity contribution in [1.82, 2.24) is 0 Å². The zero-order chi connectivity index (χ0) is 20.7. The third-order valence-electron chi connectivity index (χ3n) is 4.56. The first-order valence-corrected chi connectivity index (χ1v) is 10.4. The molecule has 2 rings (SSSR count). The molecule has 0 radical (unpaired) electrons. The Kier molecular flexibility index (Phi) is 10.1. The van der Waals surface area contributed by atoms with Crippen LogP contribution in [0.25, 0.3) is 0 Å². The van der Waals surface area contributed by atoms with E-state index in [-0.39, 0.29) is 0 Å². The summed E-state index contributed by atoms with van der Waals surface area (Å²) in [5.41, 5.74) is 0.958. The SMILES string of the molecule is CCCCCCCCCC=COc1ccc(C(=O)Oc2ccc(C#N)cc2)cc1. The molecule has 0 aliphatic heterocycles. The van der Waals surface area contributed by atoms with Gasteiger partial charge < -0.3 is 9.47 Å². The molecule has 29 heavy (non-hydrogen) atoms. The Hall–Kier alpha value is -3.06. The normalized spacial score (nSPS) is 10.6. The molecule has 0 spiro atoms. The Balaban J connectivity index is 1.68. The number of hydrogen-bond acceptors (Lipinski definition) is 4. The molecular formula is C25H29NO3. The topological polar surface area (TPSA) is 59.3 Å². The van der Waals surface area contributed by atoms with Crippen molar-refractivity contribution >= 4 is 5.97 Å². The summed E-state index contributed by atoms with van der Waals surface area (Å²) in [4.78, 5) is 12.2. The molecule has 0 heterocycles. The molecule has 0 atom stereocenters. The molecule has 152 valence electrons. The Bertz CT molecular complexity index is 801. The summed E-state index contributed by atoms with van der Waals surface area (Å²) < 4.78 is 10.9. The molecule has 0 saturated carbocycles. The lowest BCUT2D eigenvalue weighted by Gasteiger charge is -2.05. The molecule has 0 unspecified atom stereocenters. The summed E-state index contributed by atoms with van der Waals surface area (Å²) in [5, 5.41) is 8.79. The predicted molar refractivity (Wildman–Crippen MR) is 115 cm³/mol. The smallest absolute Gasteiger partial charge is 0.343 e. The van der Waals surface area contributed by atoms with E-state index in [9.17, 15) is 4.79 Å². The second kappa shape index (κ2) is 13.2. The second-order valence-electron chi connectivity index (χ2n) is 6.95. The highest BCUT2D eigenvalue weighted by Crippen LogP contribution is 2.17. The van der Waals surface area contributed by atoms with E-state index in [2.05, 4.69) is 6.92 Å². The van der Waals surface area contributed by atoms with E-state index < -0.39 is 5.97 Å². The highest BCUT2D eigenvalue weighted by Gasteiger charge is 2.08. The van der Waals surface area contributed by atoms with Crippen molar-refractivity contribution in [3.05, 3.63) is 72.0 Å². The van der Waals surface area contributed by atoms with Crippen LogP contribution in [-0.4, -0.2) is 5.97 Å². The molecule has 4 heteroatoms. The Morgan fingerprint density at radius 3 is 2.17 bits per heavy atom. The number of benzene rings is 2. The third-order valence-corrected chi connectivity index (χ3v) is 4.56. The average molecular weight is 392 g/mol. The van der Waals surface area contributed by atoms with Gasteiger partial charge in [-0.25, -0.2) is 4.79 Å². The fourth-order valence-corrected chi connectivity index (χ4v) is 2.85. The predicted octanol–water partition coefficient (Wildman–Crippen LogP) is 6.81. The van der Waals surface area contributed by atoms with Crippen molar-refractivity contribution in [3.63, 3.8) is 0 Å². The van der Waals surface area contributed by atoms with Crippen molar-refractivity contribution in [2.45, 2.75) is 58.3 Å². The van der Waals surface area contributed by atoms with Gasteiger partial charge in [0, 0.05) is 0 Å². The van der Waals surface area contributed by atoms with Gasteiger partial charge in [-0.2, -0.15) is 5.26 Å². The molecule has 2 aromatic rings. The van der Waals surface area contributed by atoms with Gasteiger partial charge in [-0.15, -0.1) is 0 Å². The number of nitrogens with zero attached hydrogens (tertiary/aromatic N) is 1. The molecular weight excluding hydrogens is 362 g/mol. The third kappa shape index (κ3) is 8.66. The molecule has 0 amide bonds. The monoisotopic (exact) mass is 391 g/mol. The van der Waals surface area contributed by atoms with E-state index in [1.165, 1.54) is 44.9 Å². The van der Waals surface area contributed by atoms with Crippen LogP contribution in [0.5, 0.6) is 11.5 Å². The van der Waals surface area contributed by atoms with Gasteiger partial charge >= 0.3 is 5.97 Å². The number of hydrogen-bond donors (Lipinski definition) is 0. The Labute approximate surface area is 173 Å². The van der Waals surface area contributed by atoms with Crippen LogP contribution in [0.3, 0.4) is 0 Å². The number of carbonyl (C=O) groups is 1. The van der Waals surface area contributed by atoms with Gasteiger partial charge in [-0.05, 0) is 67.4 Å². The zero-order valence-corrected chi connectivity index (χ0v) is 17.1. The highest BCUT2D eigenvalue weighted by atomic mass is 16.5. The molecule has 0 aromatic heterocycles. The lowest BCUT2D eigenvalue weighted by atomic mass is 10.1. The van der Waals surface area contributed by atoms with Crippen molar-refractivity contribution in [2.24, 2.45) is 0 Å². The first-order chi connectivity index (χ1) is 14.2. The van der Waals surface area contributed by atoms with Crippen LogP contribution in [0.4, 0.5) is 0 Å². The maximum Gasteiger partial charge on any atom is 0.343 e. The highest BCUT2D eigenvalue weighted by molar-refractivity contribution is 5.91. The quantitative estimate of drug-likeness (QED) is 0.172. The number of unbranched alkanes of at least 4 members (excludes halogenated alkanes) is 7. The maximum atomic E-state index is 12.2. The standard InChI is InChI=1S/C25H29NO3/c1-2-3-4-5-6-7-8-9-10-19-28-23-17-13-22(14-18-23)25(27)29-24-15-11-21(20-26)12-16-24/h10-19H,2-9H2,1H3. The summed E-state index contributed by atoms with van der Waals surface area (Å²) in [6.07, 6.45) is 13.9. The van der Waals surface area contributed by atoms with Crippen LogP contribution < -0.4 is 9.47 Å². The lowest BCUT2D eigenvalue weighted by Crippen LogP contribution is -2.08. The van der Waals surface area contributed by atoms with Gasteiger partial charge in [0.1, 0.15) is 11.5 Å². The molecule has 0 N–H and O–H groups in total. The minimum Gasteiger partial charge on any atom is -0.465 e. The summed E-state index contributed by atoms with van der Waals surface area (Å²) in [5.74, 6) is 0.633. The lowest BCUT2D eigenvalue weighted by molar-refractivity contribution is 0.0734. The van der Waals surface area contributed by atoms with E-state index in [4.69, 9.17) is 14.7 Å². The van der Waals surface area contributed by atoms with Gasteiger partial charge in [-0.1, -0.05) is 45.4 Å². The van der Waals surface area contributed by atoms with E-state index >= 15 is 0 Å². The van der Waals surface area contributed by atoms with Gasteiger partial charge in [0.2, 0.25) is 0 Å². The van der Waals surface area contributed by atoms with E-state index in [0.717, 1.165) is 6.42 Å². The zero-order valence-electron chi connectivity index (χ0n) is 17.1. The number of nitriles is 1. The van der Waals surface area contributed by atoms with Crippen molar-refractivity contribution in [2.75, 3.05) is 0 Å². The Morgan fingerprint density at radius 2 is 1.52 bits per heavy atom. The maximum absolute atomic E-state index is 12.2. The van der Waals surface area contributed by atoms with Gasteiger partial charge in [-0.3, -0.25) is 0 Å². The summed E-state index contributed by atoms with van der Waals surface area (Å²) in [7, 11) is 0. The van der Waals surface area contributed by atoms with Crippen LogP contribution in [-0.2, 0) is 0 Å². The average Bonchev–Trinajstić information content (AvgIpc) is 2.76. The van der Waals surface area contributed by atoms with Gasteiger partial charge in [0.15, 0.2) is 0 Å². The largest absolute Gasteiger partial charge is 0.465 e. The van der Waals surface area contributed by atoms with Crippen LogP contribution >= 0.6 is 0 Å². The summed E-state index contributed by atoms with van der Waals surface area (Å²) in [6.45, 7) is 2.24. The minimum atomic E-state index is -0.448. The fraction of sp³-hybridized carbons (Fsp3) is 0.360. The van der Waals surface area contributed by atoms with Crippen LogP contribution in [0, 0.1) is 11.3 Å². The van der Waals surface area contributed by atoms with Crippen LogP contribution in [0.1, 0.15) is 74.2 Å². The van der Waals surface area contributed by atoms with Crippen molar-refractivity contribution in [1.29, 1.82) is 5.26 Å². The fourth-order valence-electron chi connectivity index (χ4n) is 2.85. The number of rotatable bonds is 12. The number of esters is 1. The summed E-state index contributed by atoms with van der Waals surface area (Å²) >= 11 is 0. The molecule has 0 fully saturated rings. The van der Waals surface area contributed by atoms with Crippen molar-refractivity contribution in [3.8, 4) is 17.6 Å². The first kappa shape index (κ1) is 22.2. The van der Waals surface area contributed by atoms with E-state index in [1.807, 2.05) is 12.1 Å². The molecule has 0 aliphatic carbocycles. The van der Waals surface area contributed by atoms with Crippen LogP contribution in [0.2, 0.25) is 0 Å². The molecule has 2 aromatic carbocycles. The summed E-state index contributed by atoms with van der Waals surface area (Å²) in [6, 6.07) is 15.3. The van der Waals surface area contributed by atoms with Crippen molar-refractivity contribution < 1.29 is 14.3 Å². The van der Waals surface area contributed by atoms with E-state index in [1.54, 1.807) is 54.8 Å². The number of ether oxygens (including phenoxy) is 2.